The van der Waals surface area contributed by atoms with Gasteiger partial charge in [-0.2, -0.15) is 5.10 Å². The van der Waals surface area contributed by atoms with Crippen LogP contribution in [0.15, 0.2) is 48.7 Å². The van der Waals surface area contributed by atoms with E-state index in [9.17, 15) is 4.79 Å². The van der Waals surface area contributed by atoms with Crippen molar-refractivity contribution in [2.45, 2.75) is 19.9 Å². The molecule has 0 saturated heterocycles. The molecule has 0 saturated carbocycles. The molecule has 1 atom stereocenters. The number of nitrogens with zero attached hydrogens (tertiary/aromatic N) is 2. The van der Waals surface area contributed by atoms with E-state index in [0.29, 0.717) is 0 Å². The summed E-state index contributed by atoms with van der Waals surface area (Å²) in [6.45, 7) is 3.93. The molecule has 1 heterocycles. The first-order valence-corrected chi connectivity index (χ1v) is 7.64. The summed E-state index contributed by atoms with van der Waals surface area (Å²) in [6, 6.07) is 14.3. The van der Waals surface area contributed by atoms with E-state index in [4.69, 9.17) is 5.73 Å². The second-order valence-electron chi connectivity index (χ2n) is 5.59. The largest absolute Gasteiger partial charge is 0.348 e. The van der Waals surface area contributed by atoms with Gasteiger partial charge in [0.15, 0.2) is 0 Å². The number of nitrogens with one attached hydrogen (secondary N) is 1. The van der Waals surface area contributed by atoms with Crippen molar-refractivity contribution >= 4 is 29.1 Å². The Morgan fingerprint density at radius 3 is 2.71 bits per heavy atom. The molecule has 0 aliphatic rings. The van der Waals surface area contributed by atoms with E-state index in [1.165, 1.54) is 5.39 Å². The number of carbonyl (C=O) groups excluding carboxylic acids is 1. The Bertz CT molecular complexity index is 854. The third-order valence-corrected chi connectivity index (χ3v) is 4.07. The minimum absolute atomic E-state index is 0. The van der Waals surface area contributed by atoms with Gasteiger partial charge in [0.2, 0.25) is 5.91 Å². The SMILES string of the molecule is Cc1c(C(C)NC(=O)CN)cnn1-c1cccc2ccccc12.Cl. The van der Waals surface area contributed by atoms with Gasteiger partial charge in [0, 0.05) is 16.6 Å². The van der Waals surface area contributed by atoms with Crippen LogP contribution in [-0.4, -0.2) is 22.2 Å². The molecule has 0 radical (unpaired) electrons. The fourth-order valence-electron chi connectivity index (χ4n) is 2.86. The molecule has 3 rings (SSSR count). The molecule has 0 aliphatic carbocycles. The van der Waals surface area contributed by atoms with Crippen LogP contribution in [0.2, 0.25) is 0 Å². The van der Waals surface area contributed by atoms with Gasteiger partial charge in [-0.3, -0.25) is 4.79 Å². The van der Waals surface area contributed by atoms with Gasteiger partial charge in [0.25, 0.3) is 0 Å². The molecule has 2 aromatic carbocycles. The number of nitrogens with two attached hydrogens (primary N) is 1. The van der Waals surface area contributed by atoms with Crippen molar-refractivity contribution in [2.75, 3.05) is 6.54 Å². The molecule has 3 N–H and O–H groups in total. The molecule has 5 nitrogen and oxygen atoms in total. The van der Waals surface area contributed by atoms with Gasteiger partial charge in [-0.05, 0) is 25.3 Å². The van der Waals surface area contributed by atoms with Crippen LogP contribution >= 0.6 is 12.4 Å². The topological polar surface area (TPSA) is 72.9 Å². The lowest BCUT2D eigenvalue weighted by molar-refractivity contribution is -0.120. The Labute approximate surface area is 147 Å². The fraction of sp³-hybridized carbons (Fsp3) is 0.222. The maximum atomic E-state index is 11.5. The van der Waals surface area contributed by atoms with Crippen molar-refractivity contribution in [3.8, 4) is 5.69 Å². The second kappa shape index (κ2) is 7.47. The Morgan fingerprint density at radius 1 is 1.25 bits per heavy atom. The Hall–Kier alpha value is -2.37. The summed E-state index contributed by atoms with van der Waals surface area (Å²) in [5.74, 6) is -0.171. The quantitative estimate of drug-likeness (QED) is 0.764. The van der Waals surface area contributed by atoms with Crippen molar-refractivity contribution < 1.29 is 4.79 Å². The monoisotopic (exact) mass is 344 g/mol. The highest BCUT2D eigenvalue weighted by Gasteiger charge is 2.16. The minimum Gasteiger partial charge on any atom is -0.348 e. The number of halogens is 1. The molecule has 0 aliphatic heterocycles. The average molecular weight is 345 g/mol. The molecule has 3 aromatic rings. The summed E-state index contributed by atoms with van der Waals surface area (Å²) in [5, 5.41) is 9.71. The van der Waals surface area contributed by atoms with Gasteiger partial charge in [-0.25, -0.2) is 4.68 Å². The van der Waals surface area contributed by atoms with Crippen molar-refractivity contribution in [3.05, 3.63) is 59.9 Å². The highest BCUT2D eigenvalue weighted by atomic mass is 35.5. The van der Waals surface area contributed by atoms with E-state index in [1.54, 1.807) is 6.20 Å². The van der Waals surface area contributed by atoms with E-state index in [-0.39, 0.29) is 30.9 Å². The van der Waals surface area contributed by atoms with Crippen LogP contribution in [-0.2, 0) is 4.79 Å². The van der Waals surface area contributed by atoms with E-state index < -0.39 is 0 Å². The summed E-state index contributed by atoms with van der Waals surface area (Å²) in [6.07, 6.45) is 1.80. The van der Waals surface area contributed by atoms with Gasteiger partial charge in [0.1, 0.15) is 0 Å². The molecule has 0 spiro atoms. The van der Waals surface area contributed by atoms with Crippen LogP contribution in [0, 0.1) is 6.92 Å². The predicted octanol–water partition coefficient (Wildman–Crippen LogP) is 2.89. The number of hydrogen-bond acceptors (Lipinski definition) is 3. The maximum absolute atomic E-state index is 11.5. The molecular weight excluding hydrogens is 324 g/mol. The average Bonchev–Trinajstić information content (AvgIpc) is 2.95. The number of hydrogen-bond donors (Lipinski definition) is 2. The summed E-state index contributed by atoms with van der Waals surface area (Å²) >= 11 is 0. The van der Waals surface area contributed by atoms with Crippen LogP contribution in [0.5, 0.6) is 0 Å². The summed E-state index contributed by atoms with van der Waals surface area (Å²) in [7, 11) is 0. The molecule has 0 bridgehead atoms. The van der Waals surface area contributed by atoms with Crippen molar-refractivity contribution in [1.82, 2.24) is 15.1 Å². The number of carbonyl (C=O) groups is 1. The second-order valence-corrected chi connectivity index (χ2v) is 5.59. The van der Waals surface area contributed by atoms with Crippen LogP contribution in [0.4, 0.5) is 0 Å². The summed E-state index contributed by atoms with van der Waals surface area (Å²) in [5.41, 5.74) is 8.39. The Balaban J connectivity index is 0.00000208. The van der Waals surface area contributed by atoms with Gasteiger partial charge in [0.05, 0.1) is 24.5 Å². The summed E-state index contributed by atoms with van der Waals surface area (Å²) in [4.78, 5) is 11.5. The lowest BCUT2D eigenvalue weighted by Crippen LogP contribution is -2.32. The Morgan fingerprint density at radius 2 is 1.96 bits per heavy atom. The lowest BCUT2D eigenvalue weighted by atomic mass is 10.1. The number of rotatable bonds is 4. The van der Waals surface area contributed by atoms with E-state index in [2.05, 4.69) is 34.7 Å². The van der Waals surface area contributed by atoms with E-state index in [0.717, 1.165) is 22.3 Å². The Kier molecular flexibility index (Phi) is 5.59. The zero-order valence-corrected chi connectivity index (χ0v) is 14.5. The molecule has 0 fully saturated rings. The first kappa shape index (κ1) is 18.0. The number of fused-ring (bicyclic) bond motifs is 1. The molecule has 24 heavy (non-hydrogen) atoms. The van der Waals surface area contributed by atoms with Gasteiger partial charge in [-0.15, -0.1) is 12.4 Å². The van der Waals surface area contributed by atoms with Crippen LogP contribution in [0.1, 0.15) is 24.2 Å². The smallest absolute Gasteiger partial charge is 0.234 e. The van der Waals surface area contributed by atoms with Crippen LogP contribution in [0.3, 0.4) is 0 Å². The molecule has 1 amide bonds. The maximum Gasteiger partial charge on any atom is 0.234 e. The van der Waals surface area contributed by atoms with Crippen molar-refractivity contribution in [2.24, 2.45) is 5.73 Å². The standard InChI is InChI=1S/C18H20N4O.ClH/c1-12(21-18(23)10-19)16-11-20-22(13(16)2)17-9-5-7-14-6-3-4-8-15(14)17;/h3-9,11-12H,10,19H2,1-2H3,(H,21,23);1H. The van der Waals surface area contributed by atoms with Crippen LogP contribution in [0.25, 0.3) is 16.5 Å². The third-order valence-electron chi connectivity index (χ3n) is 4.07. The van der Waals surface area contributed by atoms with Crippen molar-refractivity contribution in [3.63, 3.8) is 0 Å². The van der Waals surface area contributed by atoms with Gasteiger partial charge >= 0.3 is 0 Å². The van der Waals surface area contributed by atoms with Gasteiger partial charge < -0.3 is 11.1 Å². The molecule has 6 heteroatoms. The minimum atomic E-state index is -0.171. The molecule has 126 valence electrons. The van der Waals surface area contributed by atoms with E-state index in [1.807, 2.05) is 36.7 Å². The normalized spacial score (nSPS) is 11.8. The predicted molar refractivity (Wildman–Crippen MR) is 98.7 cm³/mol. The zero-order chi connectivity index (χ0) is 16.4. The highest BCUT2D eigenvalue weighted by molar-refractivity contribution is 5.90. The summed E-state index contributed by atoms with van der Waals surface area (Å²) < 4.78 is 1.92. The number of aromatic nitrogens is 2. The molecule has 1 aromatic heterocycles. The number of benzene rings is 2. The highest BCUT2D eigenvalue weighted by Crippen LogP contribution is 2.25. The van der Waals surface area contributed by atoms with Gasteiger partial charge in [-0.1, -0.05) is 36.4 Å². The first-order chi connectivity index (χ1) is 11.1. The molecular formula is C18H21ClN4O. The number of amides is 1. The first-order valence-electron chi connectivity index (χ1n) is 7.64. The third kappa shape index (κ3) is 3.27. The zero-order valence-electron chi connectivity index (χ0n) is 13.7. The van der Waals surface area contributed by atoms with Crippen molar-refractivity contribution in [1.29, 1.82) is 0 Å². The van der Waals surface area contributed by atoms with Crippen LogP contribution < -0.4 is 11.1 Å². The lowest BCUT2D eigenvalue weighted by Gasteiger charge is -2.14. The molecule has 1 unspecified atom stereocenters. The van der Waals surface area contributed by atoms with E-state index >= 15 is 0 Å². The fourth-order valence-corrected chi connectivity index (χ4v) is 2.86.